The van der Waals surface area contributed by atoms with Gasteiger partial charge in [-0.05, 0) is 14.1 Å². The molecule has 3 nitrogen and oxygen atoms in total. The molecule has 1 rings (SSSR count). The highest BCUT2D eigenvalue weighted by molar-refractivity contribution is 7.09. The number of Topliss-reactive ketones (excluding diaryl/α,β-unsaturated/α-hetero) is 1. The van der Waals surface area contributed by atoms with E-state index < -0.39 is 0 Å². The van der Waals surface area contributed by atoms with E-state index in [9.17, 15) is 4.79 Å². The summed E-state index contributed by atoms with van der Waals surface area (Å²) < 4.78 is 0. The monoisotopic (exact) mass is 232 g/mol. The van der Waals surface area contributed by atoms with Crippen molar-refractivity contribution in [3.8, 4) is 0 Å². The highest BCUT2D eigenvalue weighted by Crippen LogP contribution is 2.11. The molecule has 1 aromatic rings. The molecular formula is C9H13ClN2OS. The molecule has 0 aliphatic carbocycles. The fraction of sp³-hybridized carbons (Fsp3) is 0.556. The number of nitrogens with zero attached hydrogens (tertiary/aromatic N) is 2. The lowest BCUT2D eigenvalue weighted by Gasteiger charge is -2.06. The van der Waals surface area contributed by atoms with E-state index in [2.05, 4.69) is 9.88 Å². The highest BCUT2D eigenvalue weighted by atomic mass is 35.5. The molecule has 0 amide bonds. The first-order chi connectivity index (χ1) is 6.63. The fourth-order valence-electron chi connectivity index (χ4n) is 0.941. The van der Waals surface area contributed by atoms with Crippen molar-refractivity contribution in [2.75, 3.05) is 26.5 Å². The number of aromatic nitrogens is 1. The molecule has 5 heteroatoms. The molecule has 0 fully saturated rings. The Morgan fingerprint density at radius 2 is 2.36 bits per heavy atom. The number of carbonyl (C=O) groups excluding carboxylic acids is 1. The average Bonchev–Trinajstić information content (AvgIpc) is 2.62. The largest absolute Gasteiger partial charge is 0.309 e. The van der Waals surface area contributed by atoms with Crippen LogP contribution in [0.3, 0.4) is 0 Å². The van der Waals surface area contributed by atoms with Gasteiger partial charge >= 0.3 is 0 Å². The molecule has 0 N–H and O–H groups in total. The van der Waals surface area contributed by atoms with Gasteiger partial charge in [-0.2, -0.15) is 0 Å². The fourth-order valence-corrected chi connectivity index (χ4v) is 1.87. The molecule has 0 atom stereocenters. The Labute approximate surface area is 92.7 Å². The van der Waals surface area contributed by atoms with Crippen molar-refractivity contribution in [1.82, 2.24) is 9.88 Å². The first-order valence-electron chi connectivity index (χ1n) is 4.31. The van der Waals surface area contributed by atoms with Gasteiger partial charge in [-0.15, -0.1) is 22.9 Å². The lowest BCUT2D eigenvalue weighted by atomic mass is 10.3. The van der Waals surface area contributed by atoms with E-state index in [1.807, 2.05) is 14.1 Å². The molecule has 1 heterocycles. The minimum Gasteiger partial charge on any atom is -0.309 e. The van der Waals surface area contributed by atoms with Gasteiger partial charge in [0.05, 0.1) is 10.9 Å². The van der Waals surface area contributed by atoms with Gasteiger partial charge in [0.15, 0.2) is 5.78 Å². The van der Waals surface area contributed by atoms with Crippen molar-refractivity contribution in [3.05, 3.63) is 16.1 Å². The predicted octanol–water partition coefficient (Wildman–Crippen LogP) is 1.67. The van der Waals surface area contributed by atoms with Gasteiger partial charge in [-0.1, -0.05) is 0 Å². The SMILES string of the molecule is CN(C)CCc1nc(C(=O)CCl)cs1. The summed E-state index contributed by atoms with van der Waals surface area (Å²) in [6, 6.07) is 0. The third kappa shape index (κ3) is 3.36. The zero-order chi connectivity index (χ0) is 10.6. The summed E-state index contributed by atoms with van der Waals surface area (Å²) in [5.74, 6) is -0.0874. The molecule has 0 aliphatic heterocycles. The summed E-state index contributed by atoms with van der Waals surface area (Å²) in [5.41, 5.74) is 0.499. The molecule has 78 valence electrons. The number of alkyl halides is 1. The number of hydrogen-bond donors (Lipinski definition) is 0. The van der Waals surface area contributed by atoms with E-state index in [0.29, 0.717) is 5.69 Å². The summed E-state index contributed by atoms with van der Waals surface area (Å²) in [5, 5.41) is 2.77. The topological polar surface area (TPSA) is 33.2 Å². The third-order valence-corrected chi connectivity index (χ3v) is 2.88. The lowest BCUT2D eigenvalue weighted by molar-refractivity contribution is 0.101. The first-order valence-corrected chi connectivity index (χ1v) is 5.73. The van der Waals surface area contributed by atoms with Crippen molar-refractivity contribution >= 4 is 28.7 Å². The summed E-state index contributed by atoms with van der Waals surface area (Å²) in [4.78, 5) is 17.5. The maximum absolute atomic E-state index is 11.2. The van der Waals surface area contributed by atoms with Crippen molar-refractivity contribution in [1.29, 1.82) is 0 Å². The Bertz CT molecular complexity index is 312. The van der Waals surface area contributed by atoms with Gasteiger partial charge in [0.25, 0.3) is 0 Å². The molecule has 0 saturated carbocycles. The van der Waals surface area contributed by atoms with Gasteiger partial charge in [0, 0.05) is 18.3 Å². The number of thiazole rings is 1. The number of halogens is 1. The Morgan fingerprint density at radius 1 is 1.64 bits per heavy atom. The first kappa shape index (κ1) is 11.6. The summed E-state index contributed by atoms with van der Waals surface area (Å²) in [6.07, 6.45) is 0.882. The number of ketones is 1. The molecule has 0 aliphatic rings. The molecule has 0 unspecified atom stereocenters. The van der Waals surface area contributed by atoms with Crippen LogP contribution >= 0.6 is 22.9 Å². The van der Waals surface area contributed by atoms with Crippen LogP contribution in [0.4, 0.5) is 0 Å². The normalized spacial score (nSPS) is 10.9. The van der Waals surface area contributed by atoms with Crippen LogP contribution in [0.2, 0.25) is 0 Å². The number of carbonyl (C=O) groups is 1. The van der Waals surface area contributed by atoms with Crippen LogP contribution in [0.25, 0.3) is 0 Å². The smallest absolute Gasteiger partial charge is 0.196 e. The maximum Gasteiger partial charge on any atom is 0.196 e. The molecule has 0 spiro atoms. The molecule has 0 saturated heterocycles. The van der Waals surface area contributed by atoms with E-state index in [-0.39, 0.29) is 11.7 Å². The Kier molecular flexibility index (Phi) is 4.51. The van der Waals surface area contributed by atoms with Crippen molar-refractivity contribution < 1.29 is 4.79 Å². The van der Waals surface area contributed by atoms with Gasteiger partial charge < -0.3 is 4.90 Å². The van der Waals surface area contributed by atoms with Gasteiger partial charge in [-0.3, -0.25) is 4.79 Å². The van der Waals surface area contributed by atoms with Crippen LogP contribution < -0.4 is 0 Å². The second-order valence-electron chi connectivity index (χ2n) is 3.24. The minimum absolute atomic E-state index is 0.0108. The third-order valence-electron chi connectivity index (χ3n) is 1.73. The van der Waals surface area contributed by atoms with Crippen LogP contribution in [-0.4, -0.2) is 42.2 Å². The summed E-state index contributed by atoms with van der Waals surface area (Å²) in [6.45, 7) is 0.946. The van der Waals surface area contributed by atoms with E-state index in [1.54, 1.807) is 5.38 Å². The Hall–Kier alpha value is -0.450. The maximum atomic E-state index is 11.2. The summed E-state index contributed by atoms with van der Waals surface area (Å²) >= 11 is 6.95. The van der Waals surface area contributed by atoms with Crippen LogP contribution in [0, 0.1) is 0 Å². The molecule has 14 heavy (non-hydrogen) atoms. The number of rotatable bonds is 5. The molecule has 0 bridgehead atoms. The lowest BCUT2D eigenvalue weighted by Crippen LogP contribution is -2.15. The van der Waals surface area contributed by atoms with E-state index in [1.165, 1.54) is 11.3 Å². The zero-order valence-corrected chi connectivity index (χ0v) is 9.86. The molecule has 1 aromatic heterocycles. The second kappa shape index (κ2) is 5.44. The Balaban J connectivity index is 2.55. The van der Waals surface area contributed by atoms with Crippen LogP contribution in [0.1, 0.15) is 15.5 Å². The van der Waals surface area contributed by atoms with Crippen LogP contribution in [-0.2, 0) is 6.42 Å². The average molecular weight is 233 g/mol. The molecule has 0 aromatic carbocycles. The van der Waals surface area contributed by atoms with E-state index >= 15 is 0 Å². The van der Waals surface area contributed by atoms with Crippen LogP contribution in [0.5, 0.6) is 0 Å². The number of likely N-dealkylation sites (N-methyl/N-ethyl adjacent to an activating group) is 1. The second-order valence-corrected chi connectivity index (χ2v) is 4.45. The van der Waals surface area contributed by atoms with Crippen molar-refractivity contribution in [2.24, 2.45) is 0 Å². The standard InChI is InChI=1S/C9H13ClN2OS/c1-12(2)4-3-9-11-7(6-14-9)8(13)5-10/h6H,3-5H2,1-2H3. The predicted molar refractivity (Wildman–Crippen MR) is 59.4 cm³/mol. The van der Waals surface area contributed by atoms with Crippen LogP contribution in [0.15, 0.2) is 5.38 Å². The quantitative estimate of drug-likeness (QED) is 0.572. The van der Waals surface area contributed by atoms with Crippen molar-refractivity contribution in [3.63, 3.8) is 0 Å². The van der Waals surface area contributed by atoms with Gasteiger partial charge in [0.2, 0.25) is 0 Å². The zero-order valence-electron chi connectivity index (χ0n) is 8.29. The van der Waals surface area contributed by atoms with Gasteiger partial charge in [-0.25, -0.2) is 4.98 Å². The summed E-state index contributed by atoms with van der Waals surface area (Å²) in [7, 11) is 4.02. The molecular weight excluding hydrogens is 220 g/mol. The van der Waals surface area contributed by atoms with Crippen molar-refractivity contribution in [2.45, 2.75) is 6.42 Å². The minimum atomic E-state index is -0.0981. The number of hydrogen-bond acceptors (Lipinski definition) is 4. The van der Waals surface area contributed by atoms with E-state index in [0.717, 1.165) is 18.0 Å². The van der Waals surface area contributed by atoms with Gasteiger partial charge in [0.1, 0.15) is 5.69 Å². The Morgan fingerprint density at radius 3 is 2.93 bits per heavy atom. The molecule has 0 radical (unpaired) electrons. The highest BCUT2D eigenvalue weighted by Gasteiger charge is 2.09. The van der Waals surface area contributed by atoms with E-state index in [4.69, 9.17) is 11.6 Å².